The van der Waals surface area contributed by atoms with Crippen LogP contribution in [0.25, 0.3) is 0 Å². The van der Waals surface area contributed by atoms with E-state index in [0.29, 0.717) is 25.6 Å². The Labute approximate surface area is 142 Å². The summed E-state index contributed by atoms with van der Waals surface area (Å²) in [6.45, 7) is 3.82. The molecule has 0 aromatic heterocycles. The van der Waals surface area contributed by atoms with Gasteiger partial charge in [-0.25, -0.2) is 0 Å². The zero-order valence-electron chi connectivity index (χ0n) is 14.3. The van der Waals surface area contributed by atoms with Gasteiger partial charge in [0.2, 0.25) is 11.8 Å². The number of anilines is 1. The second-order valence-electron chi connectivity index (χ2n) is 6.78. The van der Waals surface area contributed by atoms with Gasteiger partial charge in [0.15, 0.2) is 0 Å². The maximum absolute atomic E-state index is 12.8. The molecule has 2 heterocycles. The first-order valence-corrected chi connectivity index (χ1v) is 8.48. The van der Waals surface area contributed by atoms with Crippen LogP contribution in [0.1, 0.15) is 19.8 Å². The molecular formula is C18H25N3O3. The predicted molar refractivity (Wildman–Crippen MR) is 91.8 cm³/mol. The molecule has 0 spiro atoms. The lowest BCUT2D eigenvalue weighted by atomic mass is 10.1. The minimum absolute atomic E-state index is 0.000687. The van der Waals surface area contributed by atoms with Gasteiger partial charge in [0.25, 0.3) is 0 Å². The van der Waals surface area contributed by atoms with Gasteiger partial charge in [-0.2, -0.15) is 0 Å². The standard InChI is InChI=1S/C18H25N3O3/c1-12-7-13(9-19)10-20(12)18(23)14-8-17(22)21(11-14)15-3-5-16(24-2)6-4-15/h3-6,12-14H,7-11,19H2,1-2H3. The van der Waals surface area contributed by atoms with Crippen molar-refractivity contribution in [3.8, 4) is 5.75 Å². The molecule has 1 aromatic rings. The Morgan fingerprint density at radius 2 is 2.00 bits per heavy atom. The molecule has 2 N–H and O–H groups in total. The highest BCUT2D eigenvalue weighted by Crippen LogP contribution is 2.30. The summed E-state index contributed by atoms with van der Waals surface area (Å²) in [4.78, 5) is 28.8. The SMILES string of the molecule is COc1ccc(N2CC(C(=O)N3CC(CN)CC3C)CC2=O)cc1. The van der Waals surface area contributed by atoms with E-state index in [-0.39, 0.29) is 30.2 Å². The Bertz CT molecular complexity index is 616. The second-order valence-corrected chi connectivity index (χ2v) is 6.78. The summed E-state index contributed by atoms with van der Waals surface area (Å²) in [7, 11) is 1.61. The van der Waals surface area contributed by atoms with Gasteiger partial charge in [0, 0.05) is 31.2 Å². The molecule has 3 rings (SSSR count). The van der Waals surface area contributed by atoms with Gasteiger partial charge in [-0.1, -0.05) is 0 Å². The maximum Gasteiger partial charge on any atom is 0.228 e. The number of amides is 2. The molecule has 0 bridgehead atoms. The number of rotatable bonds is 4. The van der Waals surface area contributed by atoms with Crippen LogP contribution in [0.4, 0.5) is 5.69 Å². The Morgan fingerprint density at radius 1 is 1.29 bits per heavy atom. The van der Waals surface area contributed by atoms with Crippen molar-refractivity contribution in [3.05, 3.63) is 24.3 Å². The van der Waals surface area contributed by atoms with E-state index in [2.05, 4.69) is 6.92 Å². The lowest BCUT2D eigenvalue weighted by molar-refractivity contribution is -0.136. The van der Waals surface area contributed by atoms with E-state index in [1.54, 1.807) is 12.0 Å². The average Bonchev–Trinajstić information content (AvgIpc) is 3.17. The van der Waals surface area contributed by atoms with Crippen molar-refractivity contribution in [2.45, 2.75) is 25.8 Å². The largest absolute Gasteiger partial charge is 0.497 e. The number of hydrogen-bond donors (Lipinski definition) is 1. The molecule has 0 aliphatic carbocycles. The van der Waals surface area contributed by atoms with Crippen LogP contribution in [-0.2, 0) is 9.59 Å². The zero-order valence-corrected chi connectivity index (χ0v) is 14.3. The van der Waals surface area contributed by atoms with E-state index < -0.39 is 0 Å². The molecule has 3 unspecified atom stereocenters. The summed E-state index contributed by atoms with van der Waals surface area (Å²) >= 11 is 0. The molecule has 2 saturated heterocycles. The lowest BCUT2D eigenvalue weighted by Crippen LogP contribution is -2.39. The quantitative estimate of drug-likeness (QED) is 0.901. The zero-order chi connectivity index (χ0) is 17.3. The van der Waals surface area contributed by atoms with Crippen molar-refractivity contribution in [1.82, 2.24) is 4.90 Å². The van der Waals surface area contributed by atoms with Crippen molar-refractivity contribution in [3.63, 3.8) is 0 Å². The van der Waals surface area contributed by atoms with Gasteiger partial charge >= 0.3 is 0 Å². The number of ether oxygens (including phenoxy) is 1. The second kappa shape index (κ2) is 6.81. The highest BCUT2D eigenvalue weighted by atomic mass is 16.5. The van der Waals surface area contributed by atoms with Gasteiger partial charge in [-0.15, -0.1) is 0 Å². The summed E-state index contributed by atoms with van der Waals surface area (Å²) in [5, 5.41) is 0. The first-order valence-electron chi connectivity index (χ1n) is 8.48. The fraction of sp³-hybridized carbons (Fsp3) is 0.556. The molecule has 0 radical (unpaired) electrons. The summed E-state index contributed by atoms with van der Waals surface area (Å²) in [6, 6.07) is 7.56. The number of carbonyl (C=O) groups is 2. The number of methoxy groups -OCH3 is 1. The van der Waals surface area contributed by atoms with Crippen LogP contribution in [0.3, 0.4) is 0 Å². The third-order valence-electron chi connectivity index (χ3n) is 5.14. The van der Waals surface area contributed by atoms with Crippen molar-refractivity contribution < 1.29 is 14.3 Å². The van der Waals surface area contributed by atoms with Crippen molar-refractivity contribution in [1.29, 1.82) is 0 Å². The highest BCUT2D eigenvalue weighted by Gasteiger charge is 2.40. The molecule has 130 valence electrons. The number of hydrogen-bond acceptors (Lipinski definition) is 4. The summed E-state index contributed by atoms with van der Waals surface area (Å²) in [6.07, 6.45) is 1.23. The van der Waals surface area contributed by atoms with Crippen molar-refractivity contribution in [2.75, 3.05) is 31.6 Å². The van der Waals surface area contributed by atoms with Gasteiger partial charge in [-0.05, 0) is 50.1 Å². The predicted octanol–water partition coefficient (Wildman–Crippen LogP) is 1.24. The van der Waals surface area contributed by atoms with E-state index >= 15 is 0 Å². The third kappa shape index (κ3) is 3.11. The number of likely N-dealkylation sites (tertiary alicyclic amines) is 1. The van der Waals surface area contributed by atoms with Crippen molar-refractivity contribution in [2.24, 2.45) is 17.6 Å². The molecule has 2 fully saturated rings. The number of nitrogens with zero attached hydrogens (tertiary/aromatic N) is 2. The van der Waals surface area contributed by atoms with Crippen LogP contribution in [0.2, 0.25) is 0 Å². The van der Waals surface area contributed by atoms with Gasteiger partial charge in [0.05, 0.1) is 13.0 Å². The van der Waals surface area contributed by atoms with Gasteiger partial charge in [0.1, 0.15) is 5.75 Å². The highest BCUT2D eigenvalue weighted by molar-refractivity contribution is 6.00. The number of benzene rings is 1. The van der Waals surface area contributed by atoms with Crippen LogP contribution < -0.4 is 15.4 Å². The molecule has 2 aliphatic rings. The molecule has 6 nitrogen and oxygen atoms in total. The van der Waals surface area contributed by atoms with Crippen LogP contribution in [-0.4, -0.2) is 49.5 Å². The molecular weight excluding hydrogens is 306 g/mol. The van der Waals surface area contributed by atoms with Crippen LogP contribution in [0.15, 0.2) is 24.3 Å². The lowest BCUT2D eigenvalue weighted by Gasteiger charge is -2.25. The van der Waals surface area contributed by atoms with E-state index in [0.717, 1.165) is 17.9 Å². The average molecular weight is 331 g/mol. The van der Waals surface area contributed by atoms with E-state index in [9.17, 15) is 9.59 Å². The van der Waals surface area contributed by atoms with Gasteiger partial charge < -0.3 is 20.3 Å². The van der Waals surface area contributed by atoms with Crippen LogP contribution in [0.5, 0.6) is 5.75 Å². The molecule has 24 heavy (non-hydrogen) atoms. The molecule has 1 aromatic carbocycles. The fourth-order valence-electron chi connectivity index (χ4n) is 3.74. The maximum atomic E-state index is 12.8. The molecule has 6 heteroatoms. The van der Waals surface area contributed by atoms with Crippen LogP contribution in [0, 0.1) is 11.8 Å². The van der Waals surface area contributed by atoms with E-state index in [1.165, 1.54) is 0 Å². The molecule has 2 aliphatic heterocycles. The number of nitrogens with two attached hydrogens (primary N) is 1. The molecule has 0 saturated carbocycles. The number of carbonyl (C=O) groups excluding carboxylic acids is 2. The smallest absolute Gasteiger partial charge is 0.228 e. The minimum Gasteiger partial charge on any atom is -0.497 e. The van der Waals surface area contributed by atoms with E-state index in [1.807, 2.05) is 29.2 Å². The van der Waals surface area contributed by atoms with E-state index in [4.69, 9.17) is 10.5 Å². The fourth-order valence-corrected chi connectivity index (χ4v) is 3.74. The molecule has 2 amide bonds. The first-order chi connectivity index (χ1) is 11.5. The minimum atomic E-state index is -0.265. The monoisotopic (exact) mass is 331 g/mol. The Hall–Kier alpha value is -2.08. The third-order valence-corrected chi connectivity index (χ3v) is 5.14. The Kier molecular flexibility index (Phi) is 4.76. The topological polar surface area (TPSA) is 75.9 Å². The first kappa shape index (κ1) is 16.8. The van der Waals surface area contributed by atoms with Crippen molar-refractivity contribution >= 4 is 17.5 Å². The van der Waals surface area contributed by atoms with Crippen LogP contribution >= 0.6 is 0 Å². The summed E-state index contributed by atoms with van der Waals surface area (Å²) in [5.41, 5.74) is 6.56. The normalized spacial score (nSPS) is 27.0. The summed E-state index contributed by atoms with van der Waals surface area (Å²) in [5.74, 6) is 0.942. The Morgan fingerprint density at radius 3 is 2.58 bits per heavy atom. The Balaban J connectivity index is 1.68. The van der Waals surface area contributed by atoms with Gasteiger partial charge in [-0.3, -0.25) is 9.59 Å². The molecule has 3 atom stereocenters. The summed E-state index contributed by atoms with van der Waals surface area (Å²) < 4.78 is 5.14.